The first kappa shape index (κ1) is 16.7. The SMILES string of the molecule is NCCCN(C1CCCC1)S(=O)(=O)NCC(F)(F)F. The van der Waals surface area contributed by atoms with Gasteiger partial charge in [-0.15, -0.1) is 0 Å². The van der Waals surface area contributed by atoms with Gasteiger partial charge in [0.15, 0.2) is 0 Å². The molecule has 1 aliphatic carbocycles. The third kappa shape index (κ3) is 5.64. The highest BCUT2D eigenvalue weighted by atomic mass is 32.2. The second-order valence-electron chi connectivity index (χ2n) is 4.63. The molecular formula is C10H20F3N3O2S. The molecule has 3 N–H and O–H groups in total. The van der Waals surface area contributed by atoms with E-state index in [1.807, 2.05) is 0 Å². The molecule has 0 bridgehead atoms. The van der Waals surface area contributed by atoms with Crippen molar-refractivity contribution in [1.82, 2.24) is 9.03 Å². The molecule has 0 heterocycles. The van der Waals surface area contributed by atoms with Crippen LogP contribution in [0.1, 0.15) is 32.1 Å². The summed E-state index contributed by atoms with van der Waals surface area (Å²) in [5, 5.41) is 0. The van der Waals surface area contributed by atoms with Crippen LogP contribution in [0.25, 0.3) is 0 Å². The third-order valence-electron chi connectivity index (χ3n) is 3.08. The van der Waals surface area contributed by atoms with Crippen molar-refractivity contribution in [3.05, 3.63) is 0 Å². The lowest BCUT2D eigenvalue weighted by atomic mass is 10.2. The molecule has 1 rings (SSSR count). The highest BCUT2D eigenvalue weighted by Crippen LogP contribution is 2.25. The zero-order valence-electron chi connectivity index (χ0n) is 10.6. The maximum atomic E-state index is 12.1. The molecule has 1 saturated carbocycles. The fourth-order valence-electron chi connectivity index (χ4n) is 2.19. The Balaban J connectivity index is 2.70. The highest BCUT2D eigenvalue weighted by Gasteiger charge is 2.35. The second-order valence-corrected chi connectivity index (χ2v) is 6.34. The van der Waals surface area contributed by atoms with Gasteiger partial charge in [0, 0.05) is 12.6 Å². The molecule has 1 aliphatic rings. The zero-order valence-corrected chi connectivity index (χ0v) is 11.4. The predicted molar refractivity (Wildman–Crippen MR) is 65.6 cm³/mol. The molecule has 0 amide bonds. The van der Waals surface area contributed by atoms with Gasteiger partial charge in [0.05, 0.1) is 0 Å². The van der Waals surface area contributed by atoms with Crippen molar-refractivity contribution in [1.29, 1.82) is 0 Å². The zero-order chi connectivity index (χ0) is 14.5. The largest absolute Gasteiger partial charge is 0.402 e. The summed E-state index contributed by atoms with van der Waals surface area (Å²) in [5.41, 5.74) is 5.34. The van der Waals surface area contributed by atoms with Crippen LogP contribution in [0.15, 0.2) is 0 Å². The summed E-state index contributed by atoms with van der Waals surface area (Å²) in [5.74, 6) is 0. The molecule has 0 atom stereocenters. The van der Waals surface area contributed by atoms with Crippen LogP contribution in [0.5, 0.6) is 0 Å². The van der Waals surface area contributed by atoms with Crippen LogP contribution in [-0.2, 0) is 10.2 Å². The molecule has 5 nitrogen and oxygen atoms in total. The van der Waals surface area contributed by atoms with Crippen molar-refractivity contribution >= 4 is 10.2 Å². The number of nitrogens with zero attached hydrogens (tertiary/aromatic N) is 1. The third-order valence-corrected chi connectivity index (χ3v) is 4.69. The Bertz CT molecular complexity index is 367. The molecule has 1 fully saturated rings. The van der Waals surface area contributed by atoms with Gasteiger partial charge in [-0.2, -0.15) is 30.6 Å². The van der Waals surface area contributed by atoms with E-state index in [-0.39, 0.29) is 12.6 Å². The first-order valence-corrected chi connectivity index (χ1v) is 7.73. The van der Waals surface area contributed by atoms with Crippen molar-refractivity contribution in [3.8, 4) is 0 Å². The van der Waals surface area contributed by atoms with Gasteiger partial charge in [0.25, 0.3) is 10.2 Å². The maximum Gasteiger partial charge on any atom is 0.402 e. The van der Waals surface area contributed by atoms with E-state index in [1.165, 1.54) is 0 Å². The van der Waals surface area contributed by atoms with E-state index < -0.39 is 22.9 Å². The summed E-state index contributed by atoms with van der Waals surface area (Å²) < 4.78 is 63.0. The molecule has 0 aromatic rings. The summed E-state index contributed by atoms with van der Waals surface area (Å²) in [4.78, 5) is 0. The Kier molecular flexibility index (Phi) is 6.03. The molecule has 0 radical (unpaired) electrons. The van der Waals surface area contributed by atoms with Gasteiger partial charge in [-0.3, -0.25) is 0 Å². The van der Waals surface area contributed by atoms with E-state index in [4.69, 9.17) is 5.73 Å². The van der Waals surface area contributed by atoms with E-state index in [0.717, 1.165) is 17.1 Å². The van der Waals surface area contributed by atoms with E-state index in [2.05, 4.69) is 0 Å². The van der Waals surface area contributed by atoms with Crippen LogP contribution in [0, 0.1) is 0 Å². The van der Waals surface area contributed by atoms with Gasteiger partial charge in [-0.1, -0.05) is 12.8 Å². The van der Waals surface area contributed by atoms with Gasteiger partial charge < -0.3 is 5.73 Å². The number of halogens is 3. The highest BCUT2D eigenvalue weighted by molar-refractivity contribution is 7.87. The summed E-state index contributed by atoms with van der Waals surface area (Å²) in [6.07, 6.45) is -0.933. The minimum absolute atomic E-state index is 0.161. The fraction of sp³-hybridized carbons (Fsp3) is 1.00. The van der Waals surface area contributed by atoms with Crippen LogP contribution in [0.2, 0.25) is 0 Å². The summed E-state index contributed by atoms with van der Waals surface area (Å²) in [6, 6.07) is -0.211. The average Bonchev–Trinajstić information content (AvgIpc) is 2.79. The number of hydrogen-bond donors (Lipinski definition) is 2. The summed E-state index contributed by atoms with van der Waals surface area (Å²) in [6.45, 7) is -1.08. The average molecular weight is 303 g/mol. The van der Waals surface area contributed by atoms with Crippen molar-refractivity contribution < 1.29 is 21.6 Å². The van der Waals surface area contributed by atoms with E-state index in [1.54, 1.807) is 4.72 Å². The molecule has 0 aromatic heterocycles. The van der Waals surface area contributed by atoms with Crippen LogP contribution in [0.3, 0.4) is 0 Å². The predicted octanol–water partition coefficient (Wildman–Crippen LogP) is 0.976. The topological polar surface area (TPSA) is 75.4 Å². The molecule has 9 heteroatoms. The molecule has 0 spiro atoms. The first-order chi connectivity index (χ1) is 8.76. The number of nitrogens with two attached hydrogens (primary N) is 1. The summed E-state index contributed by atoms with van der Waals surface area (Å²) in [7, 11) is -4.10. The van der Waals surface area contributed by atoms with Crippen molar-refractivity contribution in [2.45, 2.75) is 44.3 Å². The van der Waals surface area contributed by atoms with Crippen molar-refractivity contribution in [2.75, 3.05) is 19.6 Å². The van der Waals surface area contributed by atoms with Crippen LogP contribution >= 0.6 is 0 Å². The van der Waals surface area contributed by atoms with Crippen molar-refractivity contribution in [3.63, 3.8) is 0 Å². The van der Waals surface area contributed by atoms with Gasteiger partial charge in [-0.05, 0) is 25.8 Å². The van der Waals surface area contributed by atoms with E-state index in [9.17, 15) is 21.6 Å². The van der Waals surface area contributed by atoms with Gasteiger partial charge in [0.2, 0.25) is 0 Å². The van der Waals surface area contributed by atoms with Gasteiger partial charge >= 0.3 is 6.18 Å². The molecule has 0 aliphatic heterocycles. The Hall–Kier alpha value is -0.380. The quantitative estimate of drug-likeness (QED) is 0.736. The fourth-order valence-corrected chi connectivity index (χ4v) is 3.68. The Morgan fingerprint density at radius 1 is 1.26 bits per heavy atom. The standard InChI is InChI=1S/C10H20F3N3O2S/c11-10(12,13)8-15-19(17,18)16(7-3-6-14)9-4-1-2-5-9/h9,15H,1-8,14H2. The van der Waals surface area contributed by atoms with Gasteiger partial charge in [0.1, 0.15) is 6.54 Å². The minimum atomic E-state index is -4.55. The van der Waals surface area contributed by atoms with Gasteiger partial charge in [-0.25, -0.2) is 0 Å². The first-order valence-electron chi connectivity index (χ1n) is 6.29. The number of hydrogen-bond acceptors (Lipinski definition) is 3. The van der Waals surface area contributed by atoms with Crippen molar-refractivity contribution in [2.24, 2.45) is 5.73 Å². The molecule has 0 aromatic carbocycles. The van der Waals surface area contributed by atoms with E-state index in [0.29, 0.717) is 25.8 Å². The smallest absolute Gasteiger partial charge is 0.330 e. The number of alkyl halides is 3. The van der Waals surface area contributed by atoms with Crippen LogP contribution in [0.4, 0.5) is 13.2 Å². The lowest BCUT2D eigenvalue weighted by molar-refractivity contribution is -0.121. The lowest BCUT2D eigenvalue weighted by Crippen LogP contribution is -2.48. The number of nitrogens with one attached hydrogen (secondary N) is 1. The molecule has 114 valence electrons. The minimum Gasteiger partial charge on any atom is -0.330 e. The molecule has 0 unspecified atom stereocenters. The van der Waals surface area contributed by atoms with E-state index >= 15 is 0 Å². The van der Waals surface area contributed by atoms with Crippen LogP contribution < -0.4 is 10.5 Å². The summed E-state index contributed by atoms with van der Waals surface area (Å²) >= 11 is 0. The normalized spacial score (nSPS) is 18.4. The lowest BCUT2D eigenvalue weighted by Gasteiger charge is -2.28. The Morgan fingerprint density at radius 2 is 1.84 bits per heavy atom. The molecule has 19 heavy (non-hydrogen) atoms. The second kappa shape index (κ2) is 6.87. The maximum absolute atomic E-state index is 12.1. The Labute approximate surface area is 111 Å². The van der Waals surface area contributed by atoms with Crippen LogP contribution in [-0.4, -0.2) is 44.6 Å². The Morgan fingerprint density at radius 3 is 2.32 bits per heavy atom. The molecule has 0 saturated heterocycles. The molecular weight excluding hydrogens is 283 g/mol. The monoisotopic (exact) mass is 303 g/mol. The number of rotatable bonds is 7.